The molecule has 1 aliphatic rings. The monoisotopic (exact) mass is 371 g/mol. The third-order valence-corrected chi connectivity index (χ3v) is 5.85. The first kappa shape index (κ1) is 16.4. The first-order valence-corrected chi connectivity index (χ1v) is 9.91. The fraction of sp³-hybridized carbons (Fsp3) is 0.278. The fourth-order valence-corrected chi connectivity index (χ4v) is 4.23. The average molecular weight is 371 g/mol. The Labute approximate surface area is 154 Å². The zero-order chi connectivity index (χ0) is 17.2. The van der Waals surface area contributed by atoms with Gasteiger partial charge in [0.2, 0.25) is 0 Å². The predicted octanol–water partition coefficient (Wildman–Crippen LogP) is 4.33. The second-order valence-electron chi connectivity index (χ2n) is 5.83. The quantitative estimate of drug-likeness (QED) is 0.457. The molecule has 0 unspecified atom stereocenters. The van der Waals surface area contributed by atoms with Crippen LogP contribution in [0.2, 0.25) is 0 Å². The van der Waals surface area contributed by atoms with E-state index in [2.05, 4.69) is 20.8 Å². The van der Waals surface area contributed by atoms with Gasteiger partial charge in [-0.1, -0.05) is 30.0 Å². The average Bonchev–Trinajstić information content (AvgIpc) is 3.17. The van der Waals surface area contributed by atoms with Gasteiger partial charge in [-0.3, -0.25) is 9.36 Å². The number of hydrogen-bond donors (Lipinski definition) is 0. The van der Waals surface area contributed by atoms with E-state index in [4.69, 9.17) is 4.74 Å². The Morgan fingerprint density at radius 1 is 1.32 bits per heavy atom. The molecule has 0 aliphatic heterocycles. The summed E-state index contributed by atoms with van der Waals surface area (Å²) in [7, 11) is 1.60. The SMILES string of the molecule is COc1cccc(C(=O)CSc2nnc(-c3cccs3)n2C2CC2)c1. The molecule has 0 amide bonds. The molecule has 2 heterocycles. The lowest BCUT2D eigenvalue weighted by Gasteiger charge is -2.07. The molecular formula is C18H17N3O2S2. The molecule has 1 fully saturated rings. The van der Waals surface area contributed by atoms with Crippen LogP contribution < -0.4 is 4.74 Å². The highest BCUT2D eigenvalue weighted by atomic mass is 32.2. The molecule has 0 N–H and O–H groups in total. The minimum atomic E-state index is 0.0620. The highest BCUT2D eigenvalue weighted by Crippen LogP contribution is 2.41. The Bertz CT molecular complexity index is 886. The maximum absolute atomic E-state index is 12.5. The maximum Gasteiger partial charge on any atom is 0.192 e. The topological polar surface area (TPSA) is 57.0 Å². The fourth-order valence-electron chi connectivity index (χ4n) is 2.62. The van der Waals surface area contributed by atoms with Crippen LogP contribution in [-0.4, -0.2) is 33.4 Å². The predicted molar refractivity (Wildman–Crippen MR) is 99.7 cm³/mol. The van der Waals surface area contributed by atoms with Gasteiger partial charge in [-0.25, -0.2) is 0 Å². The van der Waals surface area contributed by atoms with Gasteiger partial charge < -0.3 is 4.74 Å². The van der Waals surface area contributed by atoms with Gasteiger partial charge in [0.05, 0.1) is 17.7 Å². The second-order valence-corrected chi connectivity index (χ2v) is 7.72. The van der Waals surface area contributed by atoms with E-state index < -0.39 is 0 Å². The van der Waals surface area contributed by atoms with E-state index in [1.807, 2.05) is 29.6 Å². The summed E-state index contributed by atoms with van der Waals surface area (Å²) in [5.41, 5.74) is 0.655. The van der Waals surface area contributed by atoms with Crippen molar-refractivity contribution < 1.29 is 9.53 Å². The van der Waals surface area contributed by atoms with Gasteiger partial charge in [0.25, 0.3) is 0 Å². The van der Waals surface area contributed by atoms with Crippen molar-refractivity contribution in [2.75, 3.05) is 12.9 Å². The standard InChI is InChI=1S/C18H17N3O2S2/c1-23-14-5-2-4-12(10-14)15(22)11-25-18-20-19-17(16-6-3-9-24-16)21(18)13-7-8-13/h2-6,9-10,13H,7-8,11H2,1H3. The summed E-state index contributed by atoms with van der Waals surface area (Å²) >= 11 is 3.11. The van der Waals surface area contributed by atoms with Crippen LogP contribution in [0.4, 0.5) is 0 Å². The number of hydrogen-bond acceptors (Lipinski definition) is 6. The number of ketones is 1. The van der Waals surface area contributed by atoms with Gasteiger partial charge in [0, 0.05) is 11.6 Å². The molecule has 1 aromatic carbocycles. The molecule has 0 spiro atoms. The van der Waals surface area contributed by atoms with Crippen molar-refractivity contribution in [1.82, 2.24) is 14.8 Å². The number of thiophene rings is 1. The van der Waals surface area contributed by atoms with E-state index in [9.17, 15) is 4.79 Å². The smallest absolute Gasteiger partial charge is 0.192 e. The Balaban J connectivity index is 1.52. The number of nitrogens with zero attached hydrogens (tertiary/aromatic N) is 3. The van der Waals surface area contributed by atoms with Crippen LogP contribution in [0.1, 0.15) is 29.2 Å². The van der Waals surface area contributed by atoms with Crippen molar-refractivity contribution in [1.29, 1.82) is 0 Å². The molecule has 2 aromatic heterocycles. The summed E-state index contributed by atoms with van der Waals surface area (Å²) < 4.78 is 7.38. The minimum absolute atomic E-state index is 0.0620. The van der Waals surface area contributed by atoms with E-state index >= 15 is 0 Å². The molecule has 25 heavy (non-hydrogen) atoms. The Hall–Kier alpha value is -2.12. The van der Waals surface area contributed by atoms with Crippen LogP contribution in [0.3, 0.4) is 0 Å². The number of Topliss-reactive ketones (excluding diaryl/α,β-unsaturated/α-hetero) is 1. The summed E-state index contributed by atoms with van der Waals surface area (Å²) in [4.78, 5) is 13.6. The normalized spacial score (nSPS) is 13.8. The highest BCUT2D eigenvalue weighted by molar-refractivity contribution is 7.99. The van der Waals surface area contributed by atoms with Crippen LogP contribution in [0.5, 0.6) is 5.75 Å². The van der Waals surface area contributed by atoms with E-state index in [1.165, 1.54) is 11.8 Å². The van der Waals surface area contributed by atoms with Crippen LogP contribution >= 0.6 is 23.1 Å². The number of carbonyl (C=O) groups is 1. The third-order valence-electron chi connectivity index (χ3n) is 4.04. The van der Waals surface area contributed by atoms with E-state index in [-0.39, 0.29) is 5.78 Å². The molecule has 5 nitrogen and oxygen atoms in total. The third kappa shape index (κ3) is 3.48. The molecule has 7 heteroatoms. The molecule has 4 rings (SSSR count). The van der Waals surface area contributed by atoms with Crippen LogP contribution in [-0.2, 0) is 0 Å². The number of methoxy groups -OCH3 is 1. The lowest BCUT2D eigenvalue weighted by Crippen LogP contribution is -2.05. The van der Waals surface area contributed by atoms with Gasteiger partial charge in [0.1, 0.15) is 5.75 Å². The highest BCUT2D eigenvalue weighted by Gasteiger charge is 2.30. The number of aromatic nitrogens is 3. The largest absolute Gasteiger partial charge is 0.497 e. The first-order chi connectivity index (χ1) is 12.3. The van der Waals surface area contributed by atoms with Crippen molar-refractivity contribution in [2.24, 2.45) is 0 Å². The Kier molecular flexibility index (Phi) is 4.59. The number of benzene rings is 1. The zero-order valence-electron chi connectivity index (χ0n) is 13.7. The van der Waals surface area contributed by atoms with Crippen molar-refractivity contribution in [3.8, 4) is 16.5 Å². The van der Waals surface area contributed by atoms with Gasteiger partial charge >= 0.3 is 0 Å². The van der Waals surface area contributed by atoms with Crippen molar-refractivity contribution >= 4 is 28.9 Å². The summed E-state index contributed by atoms with van der Waals surface area (Å²) in [6.07, 6.45) is 2.29. The first-order valence-electron chi connectivity index (χ1n) is 8.05. The lowest BCUT2D eigenvalue weighted by molar-refractivity contribution is 0.102. The summed E-state index contributed by atoms with van der Waals surface area (Å²) in [5.74, 6) is 2.00. The molecule has 0 saturated heterocycles. The molecule has 0 atom stereocenters. The summed E-state index contributed by atoms with van der Waals surface area (Å²) in [6, 6.07) is 11.8. The van der Waals surface area contributed by atoms with Gasteiger partial charge in [0.15, 0.2) is 16.8 Å². The van der Waals surface area contributed by atoms with Crippen molar-refractivity contribution in [3.63, 3.8) is 0 Å². The molecule has 0 radical (unpaired) electrons. The number of carbonyl (C=O) groups excluding carboxylic acids is 1. The van der Waals surface area contributed by atoms with Crippen LogP contribution in [0, 0.1) is 0 Å². The lowest BCUT2D eigenvalue weighted by atomic mass is 10.1. The van der Waals surface area contributed by atoms with Gasteiger partial charge in [-0.05, 0) is 36.4 Å². The number of thioether (sulfide) groups is 1. The van der Waals surface area contributed by atoms with Crippen LogP contribution in [0.15, 0.2) is 46.9 Å². The molecule has 1 aliphatic carbocycles. The van der Waals surface area contributed by atoms with E-state index in [0.717, 1.165) is 28.7 Å². The molecular weight excluding hydrogens is 354 g/mol. The second kappa shape index (κ2) is 7.01. The zero-order valence-corrected chi connectivity index (χ0v) is 15.3. The van der Waals surface area contributed by atoms with Gasteiger partial charge in [-0.15, -0.1) is 21.5 Å². The Morgan fingerprint density at radius 2 is 2.20 bits per heavy atom. The van der Waals surface area contributed by atoms with Crippen molar-refractivity contribution in [2.45, 2.75) is 24.0 Å². The molecule has 0 bridgehead atoms. The minimum Gasteiger partial charge on any atom is -0.497 e. The summed E-state index contributed by atoms with van der Waals surface area (Å²) in [5, 5.41) is 11.6. The maximum atomic E-state index is 12.5. The molecule has 1 saturated carbocycles. The number of rotatable bonds is 7. The molecule has 3 aromatic rings. The Morgan fingerprint density at radius 3 is 2.92 bits per heavy atom. The van der Waals surface area contributed by atoms with E-state index in [1.54, 1.807) is 24.5 Å². The molecule has 128 valence electrons. The van der Waals surface area contributed by atoms with Crippen molar-refractivity contribution in [3.05, 3.63) is 47.3 Å². The number of ether oxygens (including phenoxy) is 1. The van der Waals surface area contributed by atoms with E-state index in [0.29, 0.717) is 23.1 Å². The summed E-state index contributed by atoms with van der Waals surface area (Å²) in [6.45, 7) is 0. The van der Waals surface area contributed by atoms with Crippen LogP contribution in [0.25, 0.3) is 10.7 Å². The van der Waals surface area contributed by atoms with Gasteiger partial charge in [-0.2, -0.15) is 0 Å².